The molecule has 1 unspecified atom stereocenters. The van der Waals surface area contributed by atoms with Gasteiger partial charge in [0.1, 0.15) is 12.0 Å². The molecule has 0 bridgehead atoms. The molecule has 1 aliphatic carbocycles. The van der Waals surface area contributed by atoms with Crippen LogP contribution in [0.15, 0.2) is 31.0 Å². The molecule has 3 aromatic rings. The van der Waals surface area contributed by atoms with Crippen LogP contribution >= 0.6 is 0 Å². The third kappa shape index (κ3) is 3.35. The number of nitrogens with zero attached hydrogens (tertiary/aromatic N) is 7. The van der Waals surface area contributed by atoms with Crippen LogP contribution < -0.4 is 0 Å². The highest BCUT2D eigenvalue weighted by Crippen LogP contribution is 2.37. The van der Waals surface area contributed by atoms with Gasteiger partial charge in [-0.2, -0.15) is 5.10 Å². The molecule has 1 N–H and O–H groups in total. The second-order valence-electron chi connectivity index (χ2n) is 9.44. The summed E-state index contributed by atoms with van der Waals surface area (Å²) >= 11 is 0. The molecule has 9 heteroatoms. The Bertz CT molecular complexity index is 1110. The first kappa shape index (κ1) is 19.7. The van der Waals surface area contributed by atoms with Gasteiger partial charge in [-0.25, -0.2) is 14.8 Å². The maximum absolute atomic E-state index is 12.8. The molecule has 6 rings (SSSR count). The molecule has 0 aromatic carbocycles. The SMILES string of the molecule is CC1CCCN1C(=O)N1CCN(C2CC(n3cc(-c4ncnc5[nH]ccc45)cn3)C2)CC1. The number of H-pyrrole nitrogens is 1. The zero-order valence-corrected chi connectivity index (χ0v) is 18.5. The van der Waals surface area contributed by atoms with Gasteiger partial charge in [-0.15, -0.1) is 0 Å². The van der Waals surface area contributed by atoms with Gasteiger partial charge in [-0.05, 0) is 38.7 Å². The van der Waals surface area contributed by atoms with Crippen LogP contribution in [0.5, 0.6) is 0 Å². The van der Waals surface area contributed by atoms with E-state index in [0.29, 0.717) is 18.1 Å². The zero-order chi connectivity index (χ0) is 21.7. The minimum atomic E-state index is 0.242. The van der Waals surface area contributed by atoms with Crippen LogP contribution in [0.2, 0.25) is 0 Å². The second-order valence-corrected chi connectivity index (χ2v) is 9.44. The zero-order valence-electron chi connectivity index (χ0n) is 18.5. The van der Waals surface area contributed by atoms with Crippen molar-refractivity contribution in [1.82, 2.24) is 39.4 Å². The summed E-state index contributed by atoms with van der Waals surface area (Å²) in [6.45, 7) is 6.72. The largest absolute Gasteiger partial charge is 0.346 e. The summed E-state index contributed by atoms with van der Waals surface area (Å²) in [5, 5.41) is 5.66. The number of amides is 2. The standard InChI is InChI=1S/C23H30N8O/c1-16-3-2-6-30(16)23(32)29-9-7-28(8-10-29)18-11-19(12-18)31-14-17(13-27-31)21-20-4-5-24-22(20)26-15-25-21/h4-5,13-16,18-19H,2-3,6-12H2,1H3,(H,24,25,26). The first-order chi connectivity index (χ1) is 15.7. The Balaban J connectivity index is 1.04. The summed E-state index contributed by atoms with van der Waals surface area (Å²) in [6.07, 6.45) is 12.0. The van der Waals surface area contributed by atoms with Crippen LogP contribution in [0.3, 0.4) is 0 Å². The number of urea groups is 1. The monoisotopic (exact) mass is 434 g/mol. The topological polar surface area (TPSA) is 86.2 Å². The summed E-state index contributed by atoms with van der Waals surface area (Å²) in [4.78, 5) is 31.4. The number of hydrogen-bond acceptors (Lipinski definition) is 5. The molecule has 3 aliphatic rings. The Labute approximate surface area is 187 Å². The van der Waals surface area contributed by atoms with E-state index in [1.54, 1.807) is 6.33 Å². The summed E-state index contributed by atoms with van der Waals surface area (Å²) in [6, 6.07) is 3.67. The van der Waals surface area contributed by atoms with Crippen molar-refractivity contribution in [3.63, 3.8) is 0 Å². The number of aromatic nitrogens is 5. The van der Waals surface area contributed by atoms with Gasteiger partial charge in [0.05, 0.1) is 17.9 Å². The molecule has 1 atom stereocenters. The van der Waals surface area contributed by atoms with Crippen LogP contribution in [0.1, 0.15) is 38.6 Å². The van der Waals surface area contributed by atoms with E-state index >= 15 is 0 Å². The Morgan fingerprint density at radius 2 is 1.94 bits per heavy atom. The third-order valence-corrected chi connectivity index (χ3v) is 7.59. The Morgan fingerprint density at radius 3 is 2.72 bits per heavy atom. The molecular weight excluding hydrogens is 404 g/mol. The van der Waals surface area contributed by atoms with Gasteiger partial charge in [0.2, 0.25) is 0 Å². The fourth-order valence-corrected chi connectivity index (χ4v) is 5.51. The molecule has 3 aromatic heterocycles. The van der Waals surface area contributed by atoms with Crippen LogP contribution in [0.4, 0.5) is 4.79 Å². The van der Waals surface area contributed by atoms with Crippen molar-refractivity contribution in [2.24, 2.45) is 0 Å². The molecule has 2 saturated heterocycles. The summed E-state index contributed by atoms with van der Waals surface area (Å²) in [7, 11) is 0. The second kappa shape index (κ2) is 7.88. The lowest BCUT2D eigenvalue weighted by molar-refractivity contribution is 0.0369. The number of carbonyl (C=O) groups excluding carboxylic acids is 1. The van der Waals surface area contributed by atoms with E-state index in [1.807, 2.05) is 18.5 Å². The number of aromatic amines is 1. The fraction of sp³-hybridized carbons (Fsp3) is 0.565. The maximum Gasteiger partial charge on any atom is 0.320 e. The van der Waals surface area contributed by atoms with E-state index in [2.05, 4.69) is 52.6 Å². The number of rotatable bonds is 3. The van der Waals surface area contributed by atoms with Crippen molar-refractivity contribution in [3.05, 3.63) is 31.0 Å². The number of piperazine rings is 1. The van der Waals surface area contributed by atoms with E-state index in [1.165, 1.54) is 0 Å². The summed E-state index contributed by atoms with van der Waals surface area (Å²) in [5.41, 5.74) is 2.80. The number of carbonyl (C=O) groups is 1. The first-order valence-electron chi connectivity index (χ1n) is 11.8. The van der Waals surface area contributed by atoms with E-state index in [0.717, 1.165) is 80.7 Å². The quantitative estimate of drug-likeness (QED) is 0.685. The van der Waals surface area contributed by atoms with Crippen molar-refractivity contribution in [2.45, 2.75) is 50.7 Å². The van der Waals surface area contributed by atoms with Gasteiger partial charge >= 0.3 is 6.03 Å². The number of likely N-dealkylation sites (tertiary alicyclic amines) is 1. The smallest absolute Gasteiger partial charge is 0.320 e. The molecule has 2 aliphatic heterocycles. The molecule has 5 heterocycles. The summed E-state index contributed by atoms with van der Waals surface area (Å²) < 4.78 is 2.10. The van der Waals surface area contributed by atoms with Gasteiger partial charge in [0, 0.05) is 68.2 Å². The van der Waals surface area contributed by atoms with Crippen molar-refractivity contribution < 1.29 is 4.79 Å². The number of hydrogen-bond donors (Lipinski definition) is 1. The average molecular weight is 435 g/mol. The van der Waals surface area contributed by atoms with Crippen molar-refractivity contribution in [3.8, 4) is 11.3 Å². The lowest BCUT2D eigenvalue weighted by Crippen LogP contribution is -2.57. The normalized spacial score (nSPS) is 26.6. The predicted octanol–water partition coefficient (Wildman–Crippen LogP) is 2.75. The third-order valence-electron chi connectivity index (χ3n) is 7.59. The van der Waals surface area contributed by atoms with E-state index in [4.69, 9.17) is 0 Å². The van der Waals surface area contributed by atoms with Crippen LogP contribution in [0.25, 0.3) is 22.3 Å². The highest BCUT2D eigenvalue weighted by Gasteiger charge is 2.38. The number of nitrogens with one attached hydrogen (secondary N) is 1. The molecule has 1 saturated carbocycles. The molecule has 2 amide bonds. The van der Waals surface area contributed by atoms with Gasteiger partial charge in [-0.1, -0.05) is 0 Å². The molecule has 0 radical (unpaired) electrons. The minimum absolute atomic E-state index is 0.242. The van der Waals surface area contributed by atoms with E-state index in [-0.39, 0.29) is 6.03 Å². The molecule has 0 spiro atoms. The fourth-order valence-electron chi connectivity index (χ4n) is 5.51. The van der Waals surface area contributed by atoms with Crippen LogP contribution in [0, 0.1) is 0 Å². The lowest BCUT2D eigenvalue weighted by Gasteiger charge is -2.46. The highest BCUT2D eigenvalue weighted by atomic mass is 16.2. The Kier molecular flexibility index (Phi) is 4.86. The van der Waals surface area contributed by atoms with E-state index < -0.39 is 0 Å². The van der Waals surface area contributed by atoms with Crippen LogP contribution in [-0.4, -0.2) is 90.3 Å². The maximum atomic E-state index is 12.8. The van der Waals surface area contributed by atoms with Crippen molar-refractivity contribution >= 4 is 17.1 Å². The molecule has 32 heavy (non-hydrogen) atoms. The average Bonchev–Trinajstić information content (AvgIpc) is 3.53. The number of fused-ring (bicyclic) bond motifs is 1. The molecule has 3 fully saturated rings. The highest BCUT2D eigenvalue weighted by molar-refractivity contribution is 5.89. The Morgan fingerprint density at radius 1 is 1.09 bits per heavy atom. The first-order valence-corrected chi connectivity index (χ1v) is 11.8. The Hall–Kier alpha value is -2.94. The van der Waals surface area contributed by atoms with E-state index in [9.17, 15) is 4.79 Å². The molecular formula is C23H30N8O. The lowest BCUT2D eigenvalue weighted by atomic mass is 9.85. The van der Waals surface area contributed by atoms with Crippen LogP contribution in [-0.2, 0) is 0 Å². The predicted molar refractivity (Wildman–Crippen MR) is 121 cm³/mol. The van der Waals surface area contributed by atoms with Gasteiger partial charge < -0.3 is 14.8 Å². The van der Waals surface area contributed by atoms with Gasteiger partial charge in [0.15, 0.2) is 0 Å². The molecule has 9 nitrogen and oxygen atoms in total. The van der Waals surface area contributed by atoms with Crippen molar-refractivity contribution in [1.29, 1.82) is 0 Å². The molecule has 168 valence electrons. The van der Waals surface area contributed by atoms with Gasteiger partial charge in [0.25, 0.3) is 0 Å². The van der Waals surface area contributed by atoms with Crippen molar-refractivity contribution in [2.75, 3.05) is 32.7 Å². The van der Waals surface area contributed by atoms with Gasteiger partial charge in [-0.3, -0.25) is 9.58 Å². The minimum Gasteiger partial charge on any atom is -0.346 e. The summed E-state index contributed by atoms with van der Waals surface area (Å²) in [5.74, 6) is 0.